The first-order valence-corrected chi connectivity index (χ1v) is 9.29. The number of aromatic nitrogens is 1. The fourth-order valence-electron chi connectivity index (χ4n) is 3.44. The Hall–Kier alpha value is -0.450. The maximum absolute atomic E-state index is 5.01. The molecule has 3 nitrogen and oxygen atoms in total. The highest BCUT2D eigenvalue weighted by Gasteiger charge is 2.37. The molecule has 0 spiro atoms. The van der Waals surface area contributed by atoms with Gasteiger partial charge in [-0.25, -0.2) is 4.98 Å². The minimum absolute atomic E-state index is 0.0843. The maximum Gasteiger partial charge on any atom is 0.113 e. The second kappa shape index (κ2) is 7.21. The summed E-state index contributed by atoms with van der Waals surface area (Å²) in [6.45, 7) is 14.8. The van der Waals surface area contributed by atoms with Crippen molar-refractivity contribution in [3.63, 3.8) is 0 Å². The fraction of sp³-hybridized carbons (Fsp3) is 0.824. The van der Waals surface area contributed by atoms with Crippen molar-refractivity contribution >= 4 is 11.3 Å². The van der Waals surface area contributed by atoms with Gasteiger partial charge in [-0.2, -0.15) is 0 Å². The number of rotatable bonds is 5. The van der Waals surface area contributed by atoms with Crippen molar-refractivity contribution in [3.8, 4) is 0 Å². The van der Waals surface area contributed by atoms with E-state index in [-0.39, 0.29) is 5.54 Å². The third-order valence-electron chi connectivity index (χ3n) is 4.58. The van der Waals surface area contributed by atoms with Gasteiger partial charge in [0, 0.05) is 17.5 Å². The molecule has 2 rings (SSSR count). The van der Waals surface area contributed by atoms with Crippen molar-refractivity contribution in [3.05, 3.63) is 15.6 Å². The predicted molar refractivity (Wildman–Crippen MR) is 92.1 cm³/mol. The molecule has 0 aliphatic carbocycles. The number of likely N-dealkylation sites (tertiary alicyclic amines) is 1. The average Bonchev–Trinajstić information content (AvgIpc) is 2.70. The van der Waals surface area contributed by atoms with Crippen molar-refractivity contribution in [2.45, 2.75) is 71.9 Å². The molecular weight excluding hydrogens is 278 g/mol. The Labute approximate surface area is 134 Å². The van der Waals surface area contributed by atoms with E-state index in [1.807, 2.05) is 11.3 Å². The molecule has 1 aliphatic heterocycles. The summed E-state index contributed by atoms with van der Waals surface area (Å²) in [5, 5.41) is 5.20. The maximum atomic E-state index is 5.01. The van der Waals surface area contributed by atoms with Crippen LogP contribution in [-0.4, -0.2) is 35.6 Å². The molecule has 1 atom stereocenters. The lowest BCUT2D eigenvalue weighted by molar-refractivity contribution is 0.250. The lowest BCUT2D eigenvalue weighted by atomic mass is 9.90. The number of nitrogens with zero attached hydrogens (tertiary/aromatic N) is 2. The van der Waals surface area contributed by atoms with E-state index in [4.69, 9.17) is 4.98 Å². The predicted octanol–water partition coefficient (Wildman–Crippen LogP) is 3.71. The molecule has 0 saturated carbocycles. The molecule has 21 heavy (non-hydrogen) atoms. The summed E-state index contributed by atoms with van der Waals surface area (Å²) in [4.78, 5) is 8.98. The van der Waals surface area contributed by atoms with Crippen molar-refractivity contribution in [1.29, 1.82) is 0 Å². The summed E-state index contributed by atoms with van der Waals surface area (Å²) >= 11 is 1.91. The molecule has 4 heteroatoms. The van der Waals surface area contributed by atoms with Crippen LogP contribution < -0.4 is 5.32 Å². The zero-order valence-electron chi connectivity index (χ0n) is 14.3. The van der Waals surface area contributed by atoms with Crippen LogP contribution in [0.1, 0.15) is 62.5 Å². The Morgan fingerprint density at radius 3 is 2.62 bits per heavy atom. The van der Waals surface area contributed by atoms with E-state index in [0.717, 1.165) is 13.0 Å². The quantitative estimate of drug-likeness (QED) is 0.898. The largest absolute Gasteiger partial charge is 0.304 e. The Morgan fingerprint density at radius 2 is 2.05 bits per heavy atom. The molecule has 1 unspecified atom stereocenters. The third-order valence-corrected chi connectivity index (χ3v) is 5.80. The van der Waals surface area contributed by atoms with Gasteiger partial charge in [-0.3, -0.25) is 0 Å². The van der Waals surface area contributed by atoms with Gasteiger partial charge in [-0.15, -0.1) is 11.3 Å². The standard InChI is InChI=1S/C17H31N3S/c1-6-15-14(5)21-16(18-15)17(19-13(3)4)9-8-11-20(7-2)12-10-17/h13,19H,6-12H2,1-5H3. The van der Waals surface area contributed by atoms with Gasteiger partial charge in [0.15, 0.2) is 0 Å². The van der Waals surface area contributed by atoms with E-state index < -0.39 is 0 Å². The number of hydrogen-bond acceptors (Lipinski definition) is 4. The molecular formula is C17H31N3S. The van der Waals surface area contributed by atoms with Gasteiger partial charge in [0.05, 0.1) is 11.2 Å². The second-order valence-electron chi connectivity index (χ2n) is 6.54. The van der Waals surface area contributed by atoms with Gasteiger partial charge < -0.3 is 10.2 Å². The third kappa shape index (κ3) is 3.85. The topological polar surface area (TPSA) is 28.2 Å². The lowest BCUT2D eigenvalue weighted by Gasteiger charge is -2.34. The second-order valence-corrected chi connectivity index (χ2v) is 7.75. The zero-order valence-corrected chi connectivity index (χ0v) is 15.1. The Bertz CT molecular complexity index is 455. The first kappa shape index (κ1) is 16.9. The van der Waals surface area contributed by atoms with Crippen LogP contribution in [0.5, 0.6) is 0 Å². The molecule has 0 bridgehead atoms. The molecule has 1 aromatic heterocycles. The van der Waals surface area contributed by atoms with Gasteiger partial charge in [-0.1, -0.05) is 13.8 Å². The summed E-state index contributed by atoms with van der Waals surface area (Å²) in [6, 6.07) is 0.493. The van der Waals surface area contributed by atoms with E-state index in [1.54, 1.807) is 0 Å². The molecule has 1 N–H and O–H groups in total. The van der Waals surface area contributed by atoms with E-state index in [0.29, 0.717) is 6.04 Å². The van der Waals surface area contributed by atoms with E-state index in [2.05, 4.69) is 44.8 Å². The Balaban J connectivity index is 2.31. The highest BCUT2D eigenvalue weighted by Crippen LogP contribution is 2.37. The van der Waals surface area contributed by atoms with Gasteiger partial charge in [0.25, 0.3) is 0 Å². The summed E-state index contributed by atoms with van der Waals surface area (Å²) in [5.41, 5.74) is 1.37. The molecule has 1 aromatic rings. The summed E-state index contributed by atoms with van der Waals surface area (Å²) in [7, 11) is 0. The molecule has 120 valence electrons. The SMILES string of the molecule is CCc1nc(C2(NC(C)C)CCCN(CC)CC2)sc1C. The molecule has 0 amide bonds. The first-order chi connectivity index (χ1) is 10.0. The molecule has 0 aromatic carbocycles. The van der Waals surface area contributed by atoms with Crippen LogP contribution >= 0.6 is 11.3 Å². The molecule has 0 radical (unpaired) electrons. The van der Waals surface area contributed by atoms with Crippen molar-refractivity contribution in [1.82, 2.24) is 15.2 Å². The van der Waals surface area contributed by atoms with Gasteiger partial charge >= 0.3 is 0 Å². The smallest absolute Gasteiger partial charge is 0.113 e. The van der Waals surface area contributed by atoms with E-state index >= 15 is 0 Å². The molecule has 1 fully saturated rings. The summed E-state index contributed by atoms with van der Waals surface area (Å²) in [5.74, 6) is 0. The minimum Gasteiger partial charge on any atom is -0.304 e. The van der Waals surface area contributed by atoms with Crippen LogP contribution in [0.2, 0.25) is 0 Å². The van der Waals surface area contributed by atoms with Crippen molar-refractivity contribution in [2.75, 3.05) is 19.6 Å². The van der Waals surface area contributed by atoms with Crippen LogP contribution in [0.4, 0.5) is 0 Å². The van der Waals surface area contributed by atoms with Crippen LogP contribution in [0.3, 0.4) is 0 Å². The summed E-state index contributed by atoms with van der Waals surface area (Å²) in [6.07, 6.45) is 4.68. The number of nitrogens with one attached hydrogen (secondary N) is 1. The van der Waals surface area contributed by atoms with Crippen LogP contribution in [0.15, 0.2) is 0 Å². The number of thiazole rings is 1. The normalized spacial score (nSPS) is 24.5. The van der Waals surface area contributed by atoms with Crippen molar-refractivity contribution in [2.24, 2.45) is 0 Å². The zero-order chi connectivity index (χ0) is 15.5. The molecule has 2 heterocycles. The molecule has 1 saturated heterocycles. The fourth-order valence-corrected chi connectivity index (χ4v) is 4.65. The average molecular weight is 310 g/mol. The summed E-state index contributed by atoms with van der Waals surface area (Å²) < 4.78 is 0. The van der Waals surface area contributed by atoms with Crippen LogP contribution in [0.25, 0.3) is 0 Å². The molecule has 1 aliphatic rings. The van der Waals surface area contributed by atoms with Crippen LogP contribution in [-0.2, 0) is 12.0 Å². The highest BCUT2D eigenvalue weighted by molar-refractivity contribution is 7.11. The Morgan fingerprint density at radius 1 is 1.29 bits per heavy atom. The van der Waals surface area contributed by atoms with Crippen LogP contribution in [0, 0.1) is 6.92 Å². The lowest BCUT2D eigenvalue weighted by Crippen LogP contribution is -2.46. The first-order valence-electron chi connectivity index (χ1n) is 8.47. The van der Waals surface area contributed by atoms with Gasteiger partial charge in [0.2, 0.25) is 0 Å². The number of hydrogen-bond donors (Lipinski definition) is 1. The Kier molecular flexibility index (Phi) is 5.81. The van der Waals surface area contributed by atoms with Gasteiger partial charge in [0.1, 0.15) is 5.01 Å². The minimum atomic E-state index is 0.0843. The van der Waals surface area contributed by atoms with E-state index in [1.165, 1.54) is 47.9 Å². The highest BCUT2D eigenvalue weighted by atomic mass is 32.1. The van der Waals surface area contributed by atoms with E-state index in [9.17, 15) is 0 Å². The van der Waals surface area contributed by atoms with Crippen molar-refractivity contribution < 1.29 is 0 Å². The number of aryl methyl sites for hydroxylation is 2. The van der Waals surface area contributed by atoms with Gasteiger partial charge in [-0.05, 0) is 59.5 Å². The monoisotopic (exact) mass is 309 g/mol.